The van der Waals surface area contributed by atoms with Crippen LogP contribution >= 0.6 is 0 Å². The number of ether oxygens (including phenoxy) is 3. The van der Waals surface area contributed by atoms with E-state index in [0.29, 0.717) is 18.7 Å². The van der Waals surface area contributed by atoms with Crippen LogP contribution in [0.1, 0.15) is 42.6 Å². The van der Waals surface area contributed by atoms with Gasteiger partial charge in [-0.05, 0) is 42.2 Å². The van der Waals surface area contributed by atoms with Crippen LogP contribution in [-0.4, -0.2) is 82.9 Å². The van der Waals surface area contributed by atoms with Gasteiger partial charge in [0, 0.05) is 33.1 Å². The molecule has 0 aromatic heterocycles. The molecule has 2 saturated heterocycles. The largest absolute Gasteiger partial charge is 0.497 e. The van der Waals surface area contributed by atoms with E-state index in [1.165, 1.54) is 0 Å². The quantitative estimate of drug-likeness (QED) is 0.269. The van der Waals surface area contributed by atoms with Crippen molar-refractivity contribution in [2.75, 3.05) is 20.7 Å². The van der Waals surface area contributed by atoms with E-state index in [1.54, 1.807) is 34.9 Å². The van der Waals surface area contributed by atoms with Crippen LogP contribution in [0.5, 0.6) is 5.75 Å². The molecule has 0 radical (unpaired) electrons. The third kappa shape index (κ3) is 6.33. The summed E-state index contributed by atoms with van der Waals surface area (Å²) in [5.41, 5.74) is 1.09. The number of nitrogens with zero attached hydrogens (tertiary/aromatic N) is 3. The monoisotopic (exact) mass is 689 g/mol. The molecule has 0 N–H and O–H groups in total. The van der Waals surface area contributed by atoms with Crippen LogP contribution in [0, 0.1) is 11.8 Å². The lowest BCUT2D eigenvalue weighted by Gasteiger charge is -2.36. The second-order valence-electron chi connectivity index (χ2n) is 13.7. The van der Waals surface area contributed by atoms with E-state index >= 15 is 4.79 Å². The topological polar surface area (TPSA) is 106 Å². The second-order valence-corrected chi connectivity index (χ2v) is 13.7. The van der Waals surface area contributed by atoms with Crippen molar-refractivity contribution in [3.05, 3.63) is 126 Å². The number of allylic oxidation sites excluding steroid dienone is 1. The van der Waals surface area contributed by atoms with Gasteiger partial charge in [0.1, 0.15) is 29.4 Å². The molecule has 51 heavy (non-hydrogen) atoms. The molecular formula is C41H43N3O7. The van der Waals surface area contributed by atoms with Gasteiger partial charge in [-0.15, -0.1) is 0 Å². The molecule has 4 heterocycles. The summed E-state index contributed by atoms with van der Waals surface area (Å²) in [6.45, 7) is 2.54. The van der Waals surface area contributed by atoms with E-state index in [2.05, 4.69) is 0 Å². The van der Waals surface area contributed by atoms with Crippen LogP contribution in [0.3, 0.4) is 0 Å². The van der Waals surface area contributed by atoms with Crippen molar-refractivity contribution in [2.45, 2.75) is 62.7 Å². The fourth-order valence-corrected chi connectivity index (χ4v) is 7.95. The molecule has 4 aliphatic rings. The van der Waals surface area contributed by atoms with Gasteiger partial charge in [0.2, 0.25) is 17.7 Å². The molecule has 3 aromatic carbocycles. The molecule has 0 unspecified atom stereocenters. The van der Waals surface area contributed by atoms with Gasteiger partial charge in [0.05, 0.1) is 25.2 Å². The van der Waals surface area contributed by atoms with Gasteiger partial charge in [0.15, 0.2) is 0 Å². The zero-order chi connectivity index (χ0) is 35.7. The lowest BCUT2D eigenvalue weighted by molar-refractivity contribution is -0.164. The molecule has 264 valence electrons. The lowest BCUT2D eigenvalue weighted by Crippen LogP contribution is -2.55. The fraction of sp³-hybridized carbons (Fsp3) is 0.366. The van der Waals surface area contributed by atoms with E-state index in [9.17, 15) is 14.4 Å². The molecule has 7 atom stereocenters. The Balaban J connectivity index is 1.32. The van der Waals surface area contributed by atoms with E-state index in [0.717, 1.165) is 16.7 Å². The Morgan fingerprint density at radius 3 is 2.24 bits per heavy atom. The highest BCUT2D eigenvalue weighted by Crippen LogP contribution is 2.56. The number of carbonyl (C=O) groups is 4. The maximum absolute atomic E-state index is 15.0. The van der Waals surface area contributed by atoms with Gasteiger partial charge in [-0.2, -0.15) is 0 Å². The normalized spacial score (nSPS) is 29.4. The summed E-state index contributed by atoms with van der Waals surface area (Å²) >= 11 is 0. The SMILES string of the molecule is COc1ccc(CN2C(=O)[C@H]3[C@@H]4C(=O)O[C@H](c5ccccc5)[C@@H](C)N(C)C(=O)CCC=CCN(Cc5ccccc5)C(=O)[C@H]2[C@@]32C=C[C@@H]4O2)cc1. The van der Waals surface area contributed by atoms with Crippen LogP contribution in [0.4, 0.5) is 0 Å². The minimum Gasteiger partial charge on any atom is -0.497 e. The number of esters is 1. The van der Waals surface area contributed by atoms with Crippen LogP contribution in [0.2, 0.25) is 0 Å². The second kappa shape index (κ2) is 14.2. The maximum atomic E-state index is 15.0. The van der Waals surface area contributed by atoms with Gasteiger partial charge in [-0.25, -0.2) is 0 Å². The van der Waals surface area contributed by atoms with Gasteiger partial charge in [-0.3, -0.25) is 19.2 Å². The van der Waals surface area contributed by atoms with Crippen molar-refractivity contribution < 1.29 is 33.4 Å². The number of amides is 3. The van der Waals surface area contributed by atoms with E-state index in [4.69, 9.17) is 14.2 Å². The molecular weight excluding hydrogens is 646 g/mol. The number of benzene rings is 3. The number of hydrogen-bond acceptors (Lipinski definition) is 7. The highest BCUT2D eigenvalue weighted by Gasteiger charge is 2.73. The predicted octanol–water partition coefficient (Wildman–Crippen LogP) is 4.86. The average molecular weight is 690 g/mol. The first kappa shape index (κ1) is 34.2. The summed E-state index contributed by atoms with van der Waals surface area (Å²) in [6.07, 6.45) is 6.58. The molecule has 1 spiro atoms. The van der Waals surface area contributed by atoms with Crippen molar-refractivity contribution in [3.63, 3.8) is 0 Å². The molecule has 7 rings (SSSR count). The smallest absolute Gasteiger partial charge is 0.313 e. The van der Waals surface area contributed by atoms with Crippen molar-refractivity contribution >= 4 is 23.7 Å². The molecule has 3 aromatic rings. The van der Waals surface area contributed by atoms with Gasteiger partial charge < -0.3 is 28.9 Å². The van der Waals surface area contributed by atoms with Crippen molar-refractivity contribution in [1.29, 1.82) is 0 Å². The van der Waals surface area contributed by atoms with E-state index in [1.807, 2.05) is 110 Å². The number of carbonyl (C=O) groups excluding carboxylic acids is 4. The van der Waals surface area contributed by atoms with Crippen LogP contribution in [-0.2, 0) is 41.7 Å². The molecule has 3 amide bonds. The number of cyclic esters (lactones) is 1. The average Bonchev–Trinajstić information content (AvgIpc) is 3.80. The molecule has 4 aliphatic heterocycles. The highest BCUT2D eigenvalue weighted by atomic mass is 16.6. The molecule has 0 aliphatic carbocycles. The Hall–Kier alpha value is -5.22. The van der Waals surface area contributed by atoms with Gasteiger partial charge in [-0.1, -0.05) is 97.1 Å². The number of methoxy groups -OCH3 is 1. The van der Waals surface area contributed by atoms with Crippen LogP contribution in [0.25, 0.3) is 0 Å². The minimum atomic E-state index is -1.37. The summed E-state index contributed by atoms with van der Waals surface area (Å²) in [5, 5.41) is 0. The van der Waals surface area contributed by atoms with E-state index < -0.39 is 47.7 Å². The third-order valence-electron chi connectivity index (χ3n) is 10.8. The predicted molar refractivity (Wildman–Crippen MR) is 189 cm³/mol. The van der Waals surface area contributed by atoms with E-state index in [-0.39, 0.29) is 37.2 Å². The fourth-order valence-electron chi connectivity index (χ4n) is 7.95. The molecule has 2 fully saturated rings. The summed E-state index contributed by atoms with van der Waals surface area (Å²) in [4.78, 5) is 62.5. The molecule has 10 nitrogen and oxygen atoms in total. The number of likely N-dealkylation sites (N-methyl/N-ethyl adjacent to an activating group) is 1. The standard InChI is InChI=1S/C41H43N3O7/c1-27-36(30-15-9-5-10-16-30)50-40(48)34-32-22-23-41(51-32)35(34)38(46)44(26-29-18-20-31(49-3)21-19-29)37(41)39(47)43(25-28-13-7-4-8-14-28)24-12-6-11-17-33(45)42(27)2/h4-10,12-16,18-23,27,32,34-37H,11,17,24-26H2,1-3H3/t27-,32+,34-,35-,36+,37+,41-/m1/s1. The lowest BCUT2D eigenvalue weighted by atomic mass is 9.74. The Labute approximate surface area is 298 Å². The Bertz CT molecular complexity index is 1830. The first-order valence-electron chi connectivity index (χ1n) is 17.5. The Kier molecular flexibility index (Phi) is 9.52. The number of fused-ring (bicyclic) bond motifs is 2. The Morgan fingerprint density at radius 1 is 0.843 bits per heavy atom. The summed E-state index contributed by atoms with van der Waals surface area (Å²) in [6, 6.07) is 24.8. The summed E-state index contributed by atoms with van der Waals surface area (Å²) < 4.78 is 18.3. The third-order valence-corrected chi connectivity index (χ3v) is 10.8. The van der Waals surface area contributed by atoms with Crippen molar-refractivity contribution in [3.8, 4) is 5.75 Å². The van der Waals surface area contributed by atoms with Crippen molar-refractivity contribution in [1.82, 2.24) is 14.7 Å². The Morgan fingerprint density at radius 2 is 1.53 bits per heavy atom. The first-order chi connectivity index (χ1) is 24.7. The van der Waals surface area contributed by atoms with Crippen molar-refractivity contribution in [2.24, 2.45) is 11.8 Å². The summed E-state index contributed by atoms with van der Waals surface area (Å²) in [7, 11) is 3.31. The number of rotatable bonds is 6. The molecule has 0 saturated carbocycles. The molecule has 10 heteroatoms. The van der Waals surface area contributed by atoms with Gasteiger partial charge in [0.25, 0.3) is 0 Å². The first-order valence-corrected chi connectivity index (χ1v) is 17.5. The van der Waals surface area contributed by atoms with Crippen LogP contribution in [0.15, 0.2) is 109 Å². The number of likely N-dealkylation sites (tertiary alicyclic amines) is 1. The van der Waals surface area contributed by atoms with Gasteiger partial charge >= 0.3 is 5.97 Å². The highest BCUT2D eigenvalue weighted by molar-refractivity contribution is 5.99. The molecule has 5 bridgehead atoms. The zero-order valence-corrected chi connectivity index (χ0v) is 29.1. The summed E-state index contributed by atoms with van der Waals surface area (Å²) in [5.74, 6) is -2.63. The number of hydrogen-bond donors (Lipinski definition) is 0. The zero-order valence-electron chi connectivity index (χ0n) is 29.1. The minimum absolute atomic E-state index is 0.0979. The van der Waals surface area contributed by atoms with Crippen LogP contribution < -0.4 is 4.74 Å². The maximum Gasteiger partial charge on any atom is 0.313 e.